The Morgan fingerprint density at radius 3 is 2.18 bits per heavy atom. The van der Waals surface area contributed by atoms with Crippen molar-refractivity contribution in [2.75, 3.05) is 14.1 Å². The first-order chi connectivity index (χ1) is 7.99. The van der Waals surface area contributed by atoms with Crippen molar-refractivity contribution in [3.63, 3.8) is 0 Å². The standard InChI is InChI=1S/C13H24N2O2/c1-9(2)15-10-5-6-11(15)8-12(7-10)17-13(16)14(3)4/h9-12H,5-8H2,1-4H3/t10-,11+,12?. The lowest BCUT2D eigenvalue weighted by Crippen LogP contribution is -2.49. The van der Waals surface area contributed by atoms with Crippen molar-refractivity contribution in [1.29, 1.82) is 0 Å². The van der Waals surface area contributed by atoms with Crippen molar-refractivity contribution < 1.29 is 9.53 Å². The summed E-state index contributed by atoms with van der Waals surface area (Å²) in [6.07, 6.45) is 4.46. The lowest BCUT2D eigenvalue weighted by atomic mass is 9.98. The third-order valence-electron chi connectivity index (χ3n) is 3.98. The molecule has 1 amide bonds. The highest BCUT2D eigenvalue weighted by Gasteiger charge is 2.43. The van der Waals surface area contributed by atoms with Crippen LogP contribution < -0.4 is 0 Å². The number of hydrogen-bond donors (Lipinski definition) is 0. The average molecular weight is 240 g/mol. The molecule has 0 aromatic rings. The summed E-state index contributed by atoms with van der Waals surface area (Å²) in [5.74, 6) is 0. The molecule has 4 nitrogen and oxygen atoms in total. The van der Waals surface area contributed by atoms with Gasteiger partial charge in [0, 0.05) is 45.1 Å². The third-order valence-corrected chi connectivity index (χ3v) is 3.98. The zero-order valence-electron chi connectivity index (χ0n) is 11.3. The summed E-state index contributed by atoms with van der Waals surface area (Å²) in [6.45, 7) is 4.52. The van der Waals surface area contributed by atoms with Gasteiger partial charge in [0.2, 0.25) is 0 Å². The second-order valence-electron chi connectivity index (χ2n) is 5.80. The normalized spacial score (nSPS) is 32.9. The number of hydrogen-bond acceptors (Lipinski definition) is 3. The molecule has 2 rings (SSSR count). The van der Waals surface area contributed by atoms with Crippen LogP contribution in [-0.4, -0.2) is 54.2 Å². The number of carbonyl (C=O) groups is 1. The van der Waals surface area contributed by atoms with Gasteiger partial charge in [0.15, 0.2) is 0 Å². The molecule has 2 aliphatic heterocycles. The molecule has 2 heterocycles. The molecule has 98 valence electrons. The monoisotopic (exact) mass is 240 g/mol. The fraction of sp³-hybridized carbons (Fsp3) is 0.923. The molecule has 2 fully saturated rings. The van der Waals surface area contributed by atoms with Crippen LogP contribution in [-0.2, 0) is 4.74 Å². The molecule has 0 N–H and O–H groups in total. The average Bonchev–Trinajstić information content (AvgIpc) is 2.51. The predicted octanol–water partition coefficient (Wildman–Crippen LogP) is 2.09. The molecule has 0 aliphatic carbocycles. The van der Waals surface area contributed by atoms with Gasteiger partial charge in [-0.1, -0.05) is 0 Å². The maximum Gasteiger partial charge on any atom is 0.409 e. The van der Waals surface area contributed by atoms with Crippen LogP contribution in [0.3, 0.4) is 0 Å². The third kappa shape index (κ3) is 2.57. The first-order valence-corrected chi connectivity index (χ1v) is 6.64. The molecule has 0 aromatic carbocycles. The molecule has 1 unspecified atom stereocenters. The molecule has 3 atom stereocenters. The van der Waals surface area contributed by atoms with Gasteiger partial charge in [0.25, 0.3) is 0 Å². The number of ether oxygens (including phenoxy) is 1. The number of carbonyl (C=O) groups excluding carboxylic acids is 1. The van der Waals surface area contributed by atoms with E-state index in [-0.39, 0.29) is 12.2 Å². The zero-order valence-corrected chi connectivity index (χ0v) is 11.3. The van der Waals surface area contributed by atoms with E-state index in [0.717, 1.165) is 12.8 Å². The minimum Gasteiger partial charge on any atom is -0.446 e. The first kappa shape index (κ1) is 12.7. The Morgan fingerprint density at radius 1 is 1.24 bits per heavy atom. The molecule has 0 saturated carbocycles. The number of amides is 1. The van der Waals surface area contributed by atoms with Crippen LogP contribution in [0, 0.1) is 0 Å². The fourth-order valence-corrected chi connectivity index (χ4v) is 3.35. The quantitative estimate of drug-likeness (QED) is 0.741. The largest absolute Gasteiger partial charge is 0.446 e. The van der Waals surface area contributed by atoms with Gasteiger partial charge in [0.05, 0.1) is 0 Å². The number of fused-ring (bicyclic) bond motifs is 2. The van der Waals surface area contributed by atoms with Crippen LogP contribution in [0.15, 0.2) is 0 Å². The van der Waals surface area contributed by atoms with E-state index in [4.69, 9.17) is 4.74 Å². The van der Waals surface area contributed by atoms with Crippen molar-refractivity contribution in [2.24, 2.45) is 0 Å². The second-order valence-corrected chi connectivity index (χ2v) is 5.80. The summed E-state index contributed by atoms with van der Waals surface area (Å²) >= 11 is 0. The van der Waals surface area contributed by atoms with Crippen molar-refractivity contribution in [1.82, 2.24) is 9.80 Å². The van der Waals surface area contributed by atoms with Crippen LogP contribution in [0.2, 0.25) is 0 Å². The van der Waals surface area contributed by atoms with E-state index in [1.807, 2.05) is 0 Å². The van der Waals surface area contributed by atoms with E-state index in [1.165, 1.54) is 17.7 Å². The second kappa shape index (κ2) is 4.84. The van der Waals surface area contributed by atoms with Crippen LogP contribution in [0.25, 0.3) is 0 Å². The summed E-state index contributed by atoms with van der Waals surface area (Å²) in [4.78, 5) is 15.7. The lowest BCUT2D eigenvalue weighted by Gasteiger charge is -2.41. The van der Waals surface area contributed by atoms with Gasteiger partial charge in [-0.05, 0) is 26.7 Å². The molecule has 2 aliphatic rings. The summed E-state index contributed by atoms with van der Waals surface area (Å²) in [5.41, 5.74) is 0. The lowest BCUT2D eigenvalue weighted by molar-refractivity contribution is -0.00292. The highest BCUT2D eigenvalue weighted by Crippen LogP contribution is 2.38. The number of piperidine rings is 1. The van der Waals surface area contributed by atoms with E-state index in [1.54, 1.807) is 14.1 Å². The summed E-state index contributed by atoms with van der Waals surface area (Å²) in [6, 6.07) is 1.85. The molecule has 0 spiro atoms. The zero-order chi connectivity index (χ0) is 12.6. The van der Waals surface area contributed by atoms with Crippen molar-refractivity contribution in [2.45, 2.75) is 63.8 Å². The smallest absolute Gasteiger partial charge is 0.409 e. The molecule has 0 radical (unpaired) electrons. The maximum atomic E-state index is 11.6. The molecular weight excluding hydrogens is 216 g/mol. The van der Waals surface area contributed by atoms with E-state index in [9.17, 15) is 4.79 Å². The molecule has 0 aromatic heterocycles. The molecular formula is C13H24N2O2. The van der Waals surface area contributed by atoms with Crippen molar-refractivity contribution >= 4 is 6.09 Å². The van der Waals surface area contributed by atoms with Crippen LogP contribution >= 0.6 is 0 Å². The Kier molecular flexibility index (Phi) is 3.61. The van der Waals surface area contributed by atoms with E-state index in [0.29, 0.717) is 18.1 Å². The van der Waals surface area contributed by atoms with Crippen LogP contribution in [0.5, 0.6) is 0 Å². The van der Waals surface area contributed by atoms with Crippen LogP contribution in [0.1, 0.15) is 39.5 Å². The maximum absolute atomic E-state index is 11.6. The van der Waals surface area contributed by atoms with Crippen molar-refractivity contribution in [3.8, 4) is 0 Å². The minimum absolute atomic E-state index is 0.123. The minimum atomic E-state index is -0.201. The SMILES string of the molecule is CC(C)N1[C@@H]2CC[C@H]1CC(OC(=O)N(C)C)C2. The van der Waals surface area contributed by atoms with Crippen molar-refractivity contribution in [3.05, 3.63) is 0 Å². The number of nitrogens with zero attached hydrogens (tertiary/aromatic N) is 2. The molecule has 2 bridgehead atoms. The fourth-order valence-electron chi connectivity index (χ4n) is 3.35. The Morgan fingerprint density at radius 2 is 1.76 bits per heavy atom. The first-order valence-electron chi connectivity index (χ1n) is 6.64. The van der Waals surface area contributed by atoms with E-state index in [2.05, 4.69) is 18.7 Å². The Hall–Kier alpha value is -0.770. The van der Waals surface area contributed by atoms with Gasteiger partial charge < -0.3 is 9.64 Å². The molecule has 2 saturated heterocycles. The summed E-state index contributed by atoms with van der Waals surface area (Å²) < 4.78 is 5.52. The van der Waals surface area contributed by atoms with Crippen LogP contribution in [0.4, 0.5) is 4.79 Å². The topological polar surface area (TPSA) is 32.8 Å². The highest BCUT2D eigenvalue weighted by atomic mass is 16.6. The Balaban J connectivity index is 1.93. The molecule has 4 heteroatoms. The van der Waals surface area contributed by atoms with Gasteiger partial charge >= 0.3 is 6.09 Å². The summed E-state index contributed by atoms with van der Waals surface area (Å²) in [7, 11) is 3.47. The van der Waals surface area contributed by atoms with Gasteiger partial charge in [0.1, 0.15) is 6.10 Å². The highest BCUT2D eigenvalue weighted by molar-refractivity contribution is 5.67. The Labute approximate surface area is 104 Å². The summed E-state index contributed by atoms with van der Waals surface area (Å²) in [5, 5.41) is 0. The van der Waals surface area contributed by atoms with E-state index < -0.39 is 0 Å². The predicted molar refractivity (Wildman–Crippen MR) is 67.0 cm³/mol. The van der Waals surface area contributed by atoms with Gasteiger partial charge in [-0.2, -0.15) is 0 Å². The Bertz CT molecular complexity index is 277. The van der Waals surface area contributed by atoms with E-state index >= 15 is 0 Å². The van der Waals surface area contributed by atoms with Gasteiger partial charge in [-0.3, -0.25) is 4.90 Å². The van der Waals surface area contributed by atoms with Gasteiger partial charge in [-0.25, -0.2) is 4.79 Å². The number of rotatable bonds is 2. The molecule has 17 heavy (non-hydrogen) atoms. The van der Waals surface area contributed by atoms with Gasteiger partial charge in [-0.15, -0.1) is 0 Å².